The van der Waals surface area contributed by atoms with Gasteiger partial charge in [-0.25, -0.2) is 0 Å². The van der Waals surface area contributed by atoms with Crippen molar-refractivity contribution < 1.29 is 5.48 Å². The molecule has 0 unspecified atom stereocenters. The molecule has 0 bridgehead atoms. The zero-order chi connectivity index (χ0) is 3.41. The van der Waals surface area contributed by atoms with Crippen LogP contribution in [-0.2, 0) is 0 Å². The summed E-state index contributed by atoms with van der Waals surface area (Å²) in [6.07, 6.45) is 1.75. The third kappa shape index (κ3) is 24.3. The lowest BCUT2D eigenvalue weighted by Crippen LogP contribution is -1.47. The molecule has 2 N–H and O–H groups in total. The smallest absolute Gasteiger partial charge is 0.0273 e. The molecule has 0 fully saturated rings. The Hall–Kier alpha value is -0.370. The van der Waals surface area contributed by atoms with Crippen molar-refractivity contribution in [3.63, 3.8) is 0 Å². The summed E-state index contributed by atoms with van der Waals surface area (Å²) in [7, 11) is 1.75. The average molecular weight is 75.1 g/mol. The van der Waals surface area contributed by atoms with Gasteiger partial charge >= 0.3 is 0 Å². The van der Waals surface area contributed by atoms with E-state index in [1.807, 2.05) is 6.92 Å². The minimum atomic E-state index is 0. The van der Waals surface area contributed by atoms with Crippen molar-refractivity contribution in [3.8, 4) is 0 Å². The van der Waals surface area contributed by atoms with Gasteiger partial charge in [0.15, 0.2) is 0 Å². The molecule has 2 nitrogen and oxygen atoms in total. The van der Waals surface area contributed by atoms with Crippen LogP contribution in [0.1, 0.15) is 6.92 Å². The molecule has 0 aliphatic rings. The Morgan fingerprint density at radius 1 is 1.60 bits per heavy atom. The van der Waals surface area contributed by atoms with E-state index in [0.29, 0.717) is 0 Å². The Balaban J connectivity index is 0. The molecule has 0 rings (SSSR count). The van der Waals surface area contributed by atoms with E-state index in [1.165, 1.54) is 0 Å². The monoisotopic (exact) mass is 75.1 g/mol. The van der Waals surface area contributed by atoms with E-state index >= 15 is 0 Å². The molecule has 32 valence electrons. The normalized spacial score (nSPS) is 7.60. The van der Waals surface area contributed by atoms with Gasteiger partial charge in [0.25, 0.3) is 0 Å². The molecule has 0 heterocycles. The van der Waals surface area contributed by atoms with Crippen LogP contribution in [0.15, 0.2) is 4.99 Å². The number of rotatable bonds is 0. The Labute approximate surface area is 31.8 Å². The van der Waals surface area contributed by atoms with Crippen molar-refractivity contribution in [1.29, 1.82) is 0 Å². The fourth-order valence-corrected chi connectivity index (χ4v) is 0. The molecule has 0 aromatic rings. The summed E-state index contributed by atoms with van der Waals surface area (Å²) in [6.45, 7) is 1.89. The van der Waals surface area contributed by atoms with Crippen molar-refractivity contribution in [2.24, 2.45) is 4.99 Å². The molecule has 0 saturated heterocycles. The number of nitrogens with zero attached hydrogens (tertiary/aromatic N) is 1. The Morgan fingerprint density at radius 2 is 1.80 bits per heavy atom. The maximum Gasteiger partial charge on any atom is 0.0273 e. The highest BCUT2D eigenvalue weighted by Crippen LogP contribution is 1.39. The minimum Gasteiger partial charge on any atom is -0.412 e. The predicted molar refractivity (Wildman–Crippen MR) is 23.7 cm³/mol. The largest absolute Gasteiger partial charge is 0.412 e. The number of hydrogen-bond acceptors (Lipinski definition) is 1. The molecule has 0 radical (unpaired) electrons. The summed E-state index contributed by atoms with van der Waals surface area (Å²) in [5, 5.41) is 0. The first-order chi connectivity index (χ1) is 1.91. The zero-order valence-corrected chi connectivity index (χ0v) is 3.52. The molecule has 0 amide bonds. The number of aliphatic imine (C=N–C) groups is 1. The summed E-state index contributed by atoms with van der Waals surface area (Å²) in [6, 6.07) is 0. The van der Waals surface area contributed by atoms with Crippen LogP contribution >= 0.6 is 0 Å². The molecule has 0 atom stereocenters. The zero-order valence-electron chi connectivity index (χ0n) is 3.52. The highest BCUT2D eigenvalue weighted by atomic mass is 16.0. The van der Waals surface area contributed by atoms with E-state index in [0.717, 1.165) is 0 Å². The van der Waals surface area contributed by atoms with Crippen molar-refractivity contribution in [2.75, 3.05) is 7.05 Å². The first-order valence-electron chi connectivity index (χ1n) is 1.28. The lowest BCUT2D eigenvalue weighted by atomic mass is 10.9. The topological polar surface area (TPSA) is 43.9 Å². The van der Waals surface area contributed by atoms with Gasteiger partial charge < -0.3 is 10.5 Å². The second kappa shape index (κ2) is 9.45. The van der Waals surface area contributed by atoms with E-state index in [-0.39, 0.29) is 5.48 Å². The fraction of sp³-hybridized carbons (Fsp3) is 0.667. The van der Waals surface area contributed by atoms with Crippen LogP contribution in [-0.4, -0.2) is 18.7 Å². The third-order valence-corrected chi connectivity index (χ3v) is 0.258. The van der Waals surface area contributed by atoms with Gasteiger partial charge in [0.1, 0.15) is 0 Å². The molecular formula is C3H9NO. The Bertz CT molecular complexity index is 22.1. The van der Waals surface area contributed by atoms with Gasteiger partial charge in [0, 0.05) is 7.05 Å². The van der Waals surface area contributed by atoms with E-state index in [4.69, 9.17) is 0 Å². The minimum absolute atomic E-state index is 0. The van der Waals surface area contributed by atoms with Crippen LogP contribution < -0.4 is 0 Å². The second-order valence-corrected chi connectivity index (χ2v) is 0.516. The van der Waals surface area contributed by atoms with E-state index in [2.05, 4.69) is 4.99 Å². The van der Waals surface area contributed by atoms with E-state index in [9.17, 15) is 0 Å². The summed E-state index contributed by atoms with van der Waals surface area (Å²) >= 11 is 0. The van der Waals surface area contributed by atoms with Gasteiger partial charge in [-0.2, -0.15) is 0 Å². The van der Waals surface area contributed by atoms with Crippen LogP contribution in [0.5, 0.6) is 0 Å². The van der Waals surface area contributed by atoms with Crippen LogP contribution in [0.25, 0.3) is 0 Å². The maximum atomic E-state index is 3.61. The van der Waals surface area contributed by atoms with Crippen molar-refractivity contribution in [1.82, 2.24) is 0 Å². The van der Waals surface area contributed by atoms with E-state index in [1.54, 1.807) is 13.3 Å². The lowest BCUT2D eigenvalue weighted by Gasteiger charge is -1.53. The van der Waals surface area contributed by atoms with Gasteiger partial charge in [-0.15, -0.1) is 0 Å². The first kappa shape index (κ1) is 8.82. The second-order valence-electron chi connectivity index (χ2n) is 0.516. The van der Waals surface area contributed by atoms with Crippen LogP contribution in [0.4, 0.5) is 0 Å². The van der Waals surface area contributed by atoms with Crippen molar-refractivity contribution in [3.05, 3.63) is 0 Å². The SMILES string of the molecule is CC=NC.O. The molecule has 0 spiro atoms. The molecule has 0 aliphatic heterocycles. The van der Waals surface area contributed by atoms with Crippen LogP contribution in [0.2, 0.25) is 0 Å². The quantitative estimate of drug-likeness (QED) is 0.360. The fourth-order valence-electron chi connectivity index (χ4n) is 0. The molecule has 0 saturated carbocycles. The van der Waals surface area contributed by atoms with Crippen LogP contribution in [0.3, 0.4) is 0 Å². The van der Waals surface area contributed by atoms with Gasteiger partial charge in [-0.3, -0.25) is 0 Å². The maximum absolute atomic E-state index is 3.61. The average Bonchev–Trinajstić information content (AvgIpc) is 1.37. The molecule has 0 aliphatic carbocycles. The molecule has 2 heteroatoms. The molecule has 0 aromatic heterocycles. The summed E-state index contributed by atoms with van der Waals surface area (Å²) in [5.41, 5.74) is 0. The van der Waals surface area contributed by atoms with E-state index < -0.39 is 0 Å². The third-order valence-electron chi connectivity index (χ3n) is 0.258. The van der Waals surface area contributed by atoms with Crippen molar-refractivity contribution >= 4 is 6.21 Å². The highest BCUT2D eigenvalue weighted by molar-refractivity contribution is 5.52. The Morgan fingerprint density at radius 3 is 1.80 bits per heavy atom. The lowest BCUT2D eigenvalue weighted by molar-refractivity contribution is 0.824. The Kier molecular flexibility index (Phi) is 16.7. The summed E-state index contributed by atoms with van der Waals surface area (Å²) in [5.74, 6) is 0. The standard InChI is InChI=1S/C3H7N.H2O/c1-3-4-2;/h3H,1-2H3;1H2. The summed E-state index contributed by atoms with van der Waals surface area (Å²) < 4.78 is 0. The van der Waals surface area contributed by atoms with Gasteiger partial charge in [0.2, 0.25) is 0 Å². The molecule has 0 aromatic carbocycles. The predicted octanol–water partition coefficient (Wildman–Crippen LogP) is -0.118. The van der Waals surface area contributed by atoms with Gasteiger partial charge in [-0.1, -0.05) is 0 Å². The van der Waals surface area contributed by atoms with Crippen LogP contribution in [0, 0.1) is 0 Å². The number of hydrogen-bond donors (Lipinski definition) is 0. The summed E-state index contributed by atoms with van der Waals surface area (Å²) in [4.78, 5) is 3.61. The van der Waals surface area contributed by atoms with Gasteiger partial charge in [0.05, 0.1) is 0 Å². The van der Waals surface area contributed by atoms with Gasteiger partial charge in [-0.05, 0) is 13.1 Å². The molecule has 5 heavy (non-hydrogen) atoms. The molecular weight excluding hydrogens is 66.0 g/mol. The first-order valence-corrected chi connectivity index (χ1v) is 1.28. The van der Waals surface area contributed by atoms with Crippen molar-refractivity contribution in [2.45, 2.75) is 6.92 Å². The highest BCUT2D eigenvalue weighted by Gasteiger charge is 1.32.